The van der Waals surface area contributed by atoms with Crippen molar-refractivity contribution in [1.82, 2.24) is 0 Å². The molecule has 0 aliphatic carbocycles. The fourth-order valence-corrected chi connectivity index (χ4v) is 3.80. The Balaban J connectivity index is 1.76. The van der Waals surface area contributed by atoms with Gasteiger partial charge in [-0.1, -0.05) is 0 Å². The summed E-state index contributed by atoms with van der Waals surface area (Å²) in [7, 11) is 1.68. The number of rotatable bonds is 6. The summed E-state index contributed by atoms with van der Waals surface area (Å²) in [6, 6.07) is 7.76. The van der Waals surface area contributed by atoms with Crippen LogP contribution in [0.3, 0.4) is 0 Å². The predicted octanol–water partition coefficient (Wildman–Crippen LogP) is 2.38. The van der Waals surface area contributed by atoms with E-state index in [1.807, 2.05) is 29.7 Å². The Morgan fingerprint density at radius 2 is 2.12 bits per heavy atom. The maximum absolute atomic E-state index is 12.5. The van der Waals surface area contributed by atoms with Crippen molar-refractivity contribution in [1.29, 1.82) is 0 Å². The minimum atomic E-state index is 0.0219. The van der Waals surface area contributed by atoms with Crippen LogP contribution in [-0.4, -0.2) is 39.2 Å². The first kappa shape index (κ1) is 17.9. The molecule has 1 aromatic carbocycles. The van der Waals surface area contributed by atoms with Crippen LogP contribution in [0.25, 0.3) is 6.08 Å². The van der Waals surface area contributed by atoms with Crippen LogP contribution >= 0.6 is 11.3 Å². The lowest BCUT2D eigenvalue weighted by molar-refractivity contribution is -0.921. The quantitative estimate of drug-likeness (QED) is 0.637. The Labute approximate surface area is 152 Å². The molecule has 0 saturated carbocycles. The van der Waals surface area contributed by atoms with Gasteiger partial charge in [0.2, 0.25) is 0 Å². The minimum absolute atomic E-state index is 0.0219. The van der Waals surface area contributed by atoms with Crippen molar-refractivity contribution < 1.29 is 19.2 Å². The third-order valence-electron chi connectivity index (χ3n) is 4.49. The normalized spacial score (nSPS) is 15.6. The SMILES string of the molecule is COc1ccc(C(=O)/C=C/c2sccc2C)cc1C[NH+]1CCOCC1. The Morgan fingerprint density at radius 3 is 2.80 bits per heavy atom. The van der Waals surface area contributed by atoms with E-state index >= 15 is 0 Å². The Kier molecular flexibility index (Phi) is 6.02. The zero-order valence-corrected chi connectivity index (χ0v) is 15.5. The predicted molar refractivity (Wildman–Crippen MR) is 101 cm³/mol. The highest BCUT2D eigenvalue weighted by atomic mass is 32.1. The number of aryl methyl sites for hydroxylation is 1. The van der Waals surface area contributed by atoms with Gasteiger partial charge in [0.1, 0.15) is 25.4 Å². The third-order valence-corrected chi connectivity index (χ3v) is 5.48. The summed E-state index contributed by atoms with van der Waals surface area (Å²) in [5.74, 6) is 0.863. The number of hydrogen-bond donors (Lipinski definition) is 1. The molecule has 0 bridgehead atoms. The summed E-state index contributed by atoms with van der Waals surface area (Å²) in [6.07, 6.45) is 3.56. The van der Waals surface area contributed by atoms with Crippen molar-refractivity contribution in [3.05, 3.63) is 57.3 Å². The van der Waals surface area contributed by atoms with Crippen LogP contribution < -0.4 is 9.64 Å². The van der Waals surface area contributed by atoms with Crippen LogP contribution in [0.15, 0.2) is 35.7 Å². The van der Waals surface area contributed by atoms with E-state index in [1.54, 1.807) is 24.5 Å². The Hall–Kier alpha value is -1.95. The molecule has 3 rings (SSSR count). The molecule has 1 N–H and O–H groups in total. The fraction of sp³-hybridized carbons (Fsp3) is 0.350. The van der Waals surface area contributed by atoms with Gasteiger partial charge in [0.25, 0.3) is 0 Å². The smallest absolute Gasteiger partial charge is 0.185 e. The molecule has 5 heteroatoms. The highest BCUT2D eigenvalue weighted by molar-refractivity contribution is 7.11. The first-order chi connectivity index (χ1) is 12.2. The number of benzene rings is 1. The largest absolute Gasteiger partial charge is 0.496 e. The summed E-state index contributed by atoms with van der Waals surface area (Å²) in [5, 5.41) is 2.04. The number of methoxy groups -OCH3 is 1. The molecule has 1 aliphatic rings. The molecule has 1 aromatic heterocycles. The van der Waals surface area contributed by atoms with Gasteiger partial charge >= 0.3 is 0 Å². The second kappa shape index (κ2) is 8.43. The molecule has 2 aromatic rings. The fourth-order valence-electron chi connectivity index (χ4n) is 2.98. The third kappa shape index (κ3) is 4.57. The summed E-state index contributed by atoms with van der Waals surface area (Å²) in [6.45, 7) is 6.45. The number of allylic oxidation sites excluding steroid dienone is 1. The van der Waals surface area contributed by atoms with Gasteiger partial charge in [-0.15, -0.1) is 11.3 Å². The van der Waals surface area contributed by atoms with E-state index in [4.69, 9.17) is 9.47 Å². The van der Waals surface area contributed by atoms with Crippen LogP contribution in [0.5, 0.6) is 5.75 Å². The molecule has 132 valence electrons. The molecule has 0 amide bonds. The molecule has 1 fully saturated rings. The highest BCUT2D eigenvalue weighted by Gasteiger charge is 2.17. The monoisotopic (exact) mass is 358 g/mol. The average molecular weight is 358 g/mol. The second-order valence-electron chi connectivity index (χ2n) is 6.23. The lowest BCUT2D eigenvalue weighted by atomic mass is 10.0. The molecule has 0 radical (unpaired) electrons. The number of nitrogens with one attached hydrogen (secondary N) is 1. The number of quaternary nitrogens is 1. The van der Waals surface area contributed by atoms with Gasteiger partial charge in [0.15, 0.2) is 5.78 Å². The van der Waals surface area contributed by atoms with Gasteiger partial charge < -0.3 is 14.4 Å². The van der Waals surface area contributed by atoms with Crippen molar-refractivity contribution in [2.24, 2.45) is 0 Å². The number of ether oxygens (including phenoxy) is 2. The van der Waals surface area contributed by atoms with Crippen LogP contribution in [-0.2, 0) is 11.3 Å². The van der Waals surface area contributed by atoms with Crippen LogP contribution in [0.4, 0.5) is 0 Å². The van der Waals surface area contributed by atoms with Gasteiger partial charge in [-0.2, -0.15) is 0 Å². The van der Waals surface area contributed by atoms with Crippen molar-refractivity contribution >= 4 is 23.2 Å². The van der Waals surface area contributed by atoms with Gasteiger partial charge in [0.05, 0.1) is 20.3 Å². The molecule has 0 spiro atoms. The van der Waals surface area contributed by atoms with Crippen molar-refractivity contribution in [3.63, 3.8) is 0 Å². The van der Waals surface area contributed by atoms with Crippen LogP contribution in [0.1, 0.15) is 26.4 Å². The van der Waals surface area contributed by atoms with E-state index in [-0.39, 0.29) is 5.78 Å². The zero-order chi connectivity index (χ0) is 17.6. The van der Waals surface area contributed by atoms with Crippen LogP contribution in [0.2, 0.25) is 0 Å². The van der Waals surface area contributed by atoms with E-state index < -0.39 is 0 Å². The topological polar surface area (TPSA) is 40.0 Å². The number of morpholine rings is 1. The Morgan fingerprint density at radius 1 is 1.32 bits per heavy atom. The molecule has 1 saturated heterocycles. The first-order valence-electron chi connectivity index (χ1n) is 8.52. The lowest BCUT2D eigenvalue weighted by Crippen LogP contribution is -3.12. The van der Waals surface area contributed by atoms with E-state index in [9.17, 15) is 4.79 Å². The van der Waals surface area contributed by atoms with E-state index in [2.05, 4.69) is 13.0 Å². The van der Waals surface area contributed by atoms with Gasteiger partial charge in [-0.05, 0) is 54.3 Å². The maximum atomic E-state index is 12.5. The summed E-state index contributed by atoms with van der Waals surface area (Å²) >= 11 is 1.65. The van der Waals surface area contributed by atoms with Gasteiger partial charge in [-0.25, -0.2) is 0 Å². The van der Waals surface area contributed by atoms with E-state index in [1.165, 1.54) is 10.5 Å². The van der Waals surface area contributed by atoms with Crippen LogP contribution in [0, 0.1) is 6.92 Å². The standard InChI is InChI=1S/C20H23NO3S/c1-15-7-12-25-20(15)6-4-18(22)16-3-5-19(23-2)17(13-16)14-21-8-10-24-11-9-21/h3-7,12-13H,8-11,14H2,1-2H3/p+1/b6-4+. The van der Waals surface area contributed by atoms with Gasteiger partial charge in [-0.3, -0.25) is 4.79 Å². The molecule has 25 heavy (non-hydrogen) atoms. The lowest BCUT2D eigenvalue weighted by Gasteiger charge is -2.24. The van der Waals surface area contributed by atoms with Crippen molar-refractivity contribution in [3.8, 4) is 5.75 Å². The molecule has 0 unspecified atom stereocenters. The molecule has 1 aliphatic heterocycles. The number of hydrogen-bond acceptors (Lipinski definition) is 4. The molecular weight excluding hydrogens is 334 g/mol. The number of carbonyl (C=O) groups excluding carboxylic acids is 1. The number of thiophene rings is 1. The minimum Gasteiger partial charge on any atom is -0.496 e. The number of ketones is 1. The number of carbonyl (C=O) groups is 1. The summed E-state index contributed by atoms with van der Waals surface area (Å²) in [4.78, 5) is 15.1. The highest BCUT2D eigenvalue weighted by Crippen LogP contribution is 2.21. The molecule has 2 heterocycles. The summed E-state index contributed by atoms with van der Waals surface area (Å²) < 4.78 is 10.9. The average Bonchev–Trinajstić information content (AvgIpc) is 3.05. The van der Waals surface area contributed by atoms with E-state index in [0.29, 0.717) is 5.56 Å². The zero-order valence-electron chi connectivity index (χ0n) is 14.7. The maximum Gasteiger partial charge on any atom is 0.185 e. The van der Waals surface area contributed by atoms with E-state index in [0.717, 1.165) is 49.0 Å². The molecule has 4 nitrogen and oxygen atoms in total. The second-order valence-corrected chi connectivity index (χ2v) is 7.18. The summed E-state index contributed by atoms with van der Waals surface area (Å²) in [5.41, 5.74) is 2.97. The van der Waals surface area contributed by atoms with Crippen molar-refractivity contribution in [2.45, 2.75) is 13.5 Å². The van der Waals surface area contributed by atoms with Gasteiger partial charge in [0, 0.05) is 16.0 Å². The first-order valence-corrected chi connectivity index (χ1v) is 9.40. The molecule has 0 atom stereocenters. The Bertz CT molecular complexity index is 760. The van der Waals surface area contributed by atoms with Crippen molar-refractivity contribution in [2.75, 3.05) is 33.4 Å². The molecular formula is C20H24NO3S+.